The summed E-state index contributed by atoms with van der Waals surface area (Å²) in [6.07, 6.45) is 8.54. The minimum absolute atomic E-state index is 0.250. The van der Waals surface area contributed by atoms with Crippen molar-refractivity contribution < 1.29 is 19.4 Å². The van der Waals surface area contributed by atoms with E-state index in [0.717, 1.165) is 54.0 Å². The maximum absolute atomic E-state index is 10.3. The maximum atomic E-state index is 10.3. The Kier molecular flexibility index (Phi) is 12.3. The average molecular weight is 526 g/mol. The average Bonchev–Trinajstić information content (AvgIpc) is 3.50. The third-order valence-electron chi connectivity index (χ3n) is 6.07. The third-order valence-corrected chi connectivity index (χ3v) is 7.34. The van der Waals surface area contributed by atoms with Crippen molar-refractivity contribution in [2.45, 2.75) is 51.1 Å². The zero-order chi connectivity index (χ0) is 27.2. The molecule has 3 aromatic rings. The molecule has 37 heavy (non-hydrogen) atoms. The molecule has 0 radical (unpaired) electrons. The SMILES string of the molecule is CNc1sc2c(c1C#N)CCC(NCc1cnn(C)c1)C2.COc1cccc(C(C)CC=O)c1.O=CO. The van der Waals surface area contributed by atoms with E-state index in [1.165, 1.54) is 16.0 Å². The first-order valence-corrected chi connectivity index (χ1v) is 12.8. The largest absolute Gasteiger partial charge is 0.497 e. The van der Waals surface area contributed by atoms with Gasteiger partial charge in [-0.15, -0.1) is 11.3 Å². The number of rotatable bonds is 8. The molecule has 10 heteroatoms. The number of nitrogens with zero attached hydrogens (tertiary/aromatic N) is 3. The number of hydrogen-bond donors (Lipinski definition) is 3. The number of anilines is 1. The summed E-state index contributed by atoms with van der Waals surface area (Å²) in [5.41, 5.74) is 4.46. The predicted molar refractivity (Wildman–Crippen MR) is 145 cm³/mol. The van der Waals surface area contributed by atoms with Crippen molar-refractivity contribution in [1.82, 2.24) is 15.1 Å². The van der Waals surface area contributed by atoms with E-state index < -0.39 is 0 Å². The lowest BCUT2D eigenvalue weighted by atomic mass is 9.92. The molecule has 2 heterocycles. The normalized spacial score (nSPS) is 14.4. The van der Waals surface area contributed by atoms with Gasteiger partial charge in [0.15, 0.2) is 0 Å². The summed E-state index contributed by atoms with van der Waals surface area (Å²) >= 11 is 1.73. The molecule has 9 nitrogen and oxygen atoms in total. The van der Waals surface area contributed by atoms with Crippen LogP contribution in [0.25, 0.3) is 0 Å². The van der Waals surface area contributed by atoms with Gasteiger partial charge in [0.1, 0.15) is 23.1 Å². The fourth-order valence-electron chi connectivity index (χ4n) is 4.11. The van der Waals surface area contributed by atoms with Crippen molar-refractivity contribution in [2.75, 3.05) is 19.5 Å². The van der Waals surface area contributed by atoms with Gasteiger partial charge in [-0.2, -0.15) is 10.4 Å². The van der Waals surface area contributed by atoms with Crippen molar-refractivity contribution in [3.05, 3.63) is 63.8 Å². The highest BCUT2D eigenvalue weighted by atomic mass is 32.1. The van der Waals surface area contributed by atoms with E-state index in [4.69, 9.17) is 14.6 Å². The number of ether oxygens (including phenoxy) is 1. The number of fused-ring (bicyclic) bond motifs is 1. The van der Waals surface area contributed by atoms with Crippen LogP contribution in [0.1, 0.15) is 52.8 Å². The van der Waals surface area contributed by atoms with Crippen molar-refractivity contribution in [3.8, 4) is 11.8 Å². The van der Waals surface area contributed by atoms with Crippen LogP contribution in [0.5, 0.6) is 5.75 Å². The van der Waals surface area contributed by atoms with Gasteiger partial charge < -0.3 is 25.3 Å². The molecule has 1 aliphatic rings. The second-order valence-electron chi connectivity index (χ2n) is 8.60. The van der Waals surface area contributed by atoms with Gasteiger partial charge in [-0.3, -0.25) is 9.48 Å². The monoisotopic (exact) mass is 525 g/mol. The molecule has 2 unspecified atom stereocenters. The van der Waals surface area contributed by atoms with E-state index in [9.17, 15) is 10.1 Å². The van der Waals surface area contributed by atoms with Crippen LogP contribution in [0.2, 0.25) is 0 Å². The molecule has 0 amide bonds. The summed E-state index contributed by atoms with van der Waals surface area (Å²) in [5, 5.41) is 28.1. The smallest absolute Gasteiger partial charge is 0.290 e. The van der Waals surface area contributed by atoms with Gasteiger partial charge in [-0.25, -0.2) is 0 Å². The van der Waals surface area contributed by atoms with Gasteiger partial charge >= 0.3 is 0 Å². The Bertz CT molecular complexity index is 1180. The van der Waals surface area contributed by atoms with Crippen LogP contribution in [-0.4, -0.2) is 47.8 Å². The van der Waals surface area contributed by atoms with E-state index in [1.54, 1.807) is 18.4 Å². The van der Waals surface area contributed by atoms with E-state index in [1.807, 2.05) is 62.4 Å². The van der Waals surface area contributed by atoms with Crippen LogP contribution in [-0.2, 0) is 36.0 Å². The molecule has 0 fully saturated rings. The lowest BCUT2D eigenvalue weighted by Gasteiger charge is -2.23. The molecular weight excluding hydrogens is 490 g/mol. The molecule has 2 atom stereocenters. The van der Waals surface area contributed by atoms with Crippen molar-refractivity contribution >= 4 is 29.1 Å². The molecular formula is C27H35N5O4S. The number of carbonyl (C=O) groups is 2. The van der Waals surface area contributed by atoms with Gasteiger partial charge in [-0.1, -0.05) is 19.1 Å². The van der Waals surface area contributed by atoms with Crippen LogP contribution in [0.4, 0.5) is 5.00 Å². The number of aryl methyl sites for hydroxylation is 1. The molecule has 0 saturated carbocycles. The first kappa shape index (κ1) is 29.5. The van der Waals surface area contributed by atoms with Crippen LogP contribution >= 0.6 is 11.3 Å². The molecule has 4 rings (SSSR count). The second-order valence-corrected chi connectivity index (χ2v) is 9.70. The number of nitrogens with one attached hydrogen (secondary N) is 2. The minimum Gasteiger partial charge on any atom is -0.497 e. The Morgan fingerprint density at radius 1 is 1.41 bits per heavy atom. The van der Waals surface area contributed by atoms with Crippen molar-refractivity contribution in [3.63, 3.8) is 0 Å². The highest BCUT2D eigenvalue weighted by Crippen LogP contribution is 2.37. The number of aromatic nitrogens is 2. The van der Waals surface area contributed by atoms with Gasteiger partial charge in [0.25, 0.3) is 6.47 Å². The summed E-state index contributed by atoms with van der Waals surface area (Å²) in [7, 11) is 5.46. The van der Waals surface area contributed by atoms with E-state index in [2.05, 4.69) is 21.8 Å². The Labute approximate surface area is 222 Å². The fraction of sp³-hybridized carbons (Fsp3) is 0.407. The molecule has 1 aromatic carbocycles. The number of nitriles is 1. The zero-order valence-electron chi connectivity index (χ0n) is 21.7. The topological polar surface area (TPSA) is 129 Å². The number of methoxy groups -OCH3 is 1. The number of aldehydes is 1. The highest BCUT2D eigenvalue weighted by Gasteiger charge is 2.25. The Morgan fingerprint density at radius 3 is 2.76 bits per heavy atom. The first-order valence-electron chi connectivity index (χ1n) is 12.0. The molecule has 1 aliphatic carbocycles. The summed E-state index contributed by atoms with van der Waals surface area (Å²) in [5.74, 6) is 1.11. The minimum atomic E-state index is -0.250. The van der Waals surface area contributed by atoms with Crippen LogP contribution < -0.4 is 15.4 Å². The van der Waals surface area contributed by atoms with Gasteiger partial charge in [0.05, 0.1) is 18.9 Å². The van der Waals surface area contributed by atoms with E-state index in [-0.39, 0.29) is 12.4 Å². The molecule has 198 valence electrons. The molecule has 0 aliphatic heterocycles. The lowest BCUT2D eigenvalue weighted by molar-refractivity contribution is -0.122. The van der Waals surface area contributed by atoms with Crippen LogP contribution in [0.15, 0.2) is 36.7 Å². The first-order chi connectivity index (χ1) is 17.9. The number of thiophene rings is 1. The molecule has 2 aromatic heterocycles. The summed E-state index contributed by atoms with van der Waals surface area (Å²) in [6.45, 7) is 2.63. The third kappa shape index (κ3) is 8.74. The predicted octanol–water partition coefficient (Wildman–Crippen LogP) is 4.13. The number of benzene rings is 1. The second kappa shape index (κ2) is 15.4. The lowest BCUT2D eigenvalue weighted by Crippen LogP contribution is -2.33. The maximum Gasteiger partial charge on any atom is 0.290 e. The quantitative estimate of drug-likeness (QED) is 0.375. The summed E-state index contributed by atoms with van der Waals surface area (Å²) in [6, 6.07) is 10.6. The Hall–Kier alpha value is -3.68. The van der Waals surface area contributed by atoms with Crippen molar-refractivity contribution in [2.24, 2.45) is 7.05 Å². The van der Waals surface area contributed by atoms with E-state index in [0.29, 0.717) is 12.5 Å². The zero-order valence-corrected chi connectivity index (χ0v) is 22.5. The Balaban J connectivity index is 0.000000258. The molecule has 3 N–H and O–H groups in total. The Morgan fingerprint density at radius 2 is 2.16 bits per heavy atom. The number of carbonyl (C=O) groups excluding carboxylic acids is 1. The molecule has 0 spiro atoms. The van der Waals surface area contributed by atoms with Gasteiger partial charge in [0.2, 0.25) is 0 Å². The standard InChI is InChI=1S/C15H19N5S.C11H14O2.CH2O2/c1-17-15-13(6-16)12-4-3-11(5-14(12)21-15)18-7-10-8-19-20(2)9-10;1-9(6-7-12)10-4-3-5-11(8-10)13-2;2-1-3/h8-9,11,17-18H,3-5,7H2,1-2H3;3-5,7-9H,6H2,1-2H3;1H,(H,2,3). The van der Waals surface area contributed by atoms with Gasteiger partial charge in [-0.05, 0) is 48.4 Å². The van der Waals surface area contributed by atoms with Crippen LogP contribution in [0, 0.1) is 11.3 Å². The highest BCUT2D eigenvalue weighted by molar-refractivity contribution is 7.16. The number of hydrogen-bond acceptors (Lipinski definition) is 8. The molecule has 0 saturated heterocycles. The summed E-state index contributed by atoms with van der Waals surface area (Å²) in [4.78, 5) is 20.0. The summed E-state index contributed by atoms with van der Waals surface area (Å²) < 4.78 is 6.92. The van der Waals surface area contributed by atoms with Gasteiger partial charge in [0, 0.05) is 49.7 Å². The van der Waals surface area contributed by atoms with E-state index >= 15 is 0 Å². The number of carboxylic acid groups (broad SMARTS) is 1. The molecule has 0 bridgehead atoms. The van der Waals surface area contributed by atoms with Crippen LogP contribution in [0.3, 0.4) is 0 Å². The van der Waals surface area contributed by atoms with Crippen molar-refractivity contribution in [1.29, 1.82) is 5.26 Å². The fourth-order valence-corrected chi connectivity index (χ4v) is 5.34.